The van der Waals surface area contributed by atoms with Gasteiger partial charge >= 0.3 is 0 Å². The van der Waals surface area contributed by atoms with Crippen molar-refractivity contribution in [1.82, 2.24) is 14.9 Å². The number of methoxy groups -OCH3 is 1. The molecule has 0 amide bonds. The summed E-state index contributed by atoms with van der Waals surface area (Å²) in [6.45, 7) is 2.88. The number of fused-ring (bicyclic) bond motifs is 1. The number of benzene rings is 1. The van der Waals surface area contributed by atoms with Crippen LogP contribution in [0.2, 0.25) is 0 Å². The molecule has 1 saturated heterocycles. The highest BCUT2D eigenvalue weighted by Crippen LogP contribution is 2.31. The summed E-state index contributed by atoms with van der Waals surface area (Å²) in [4.78, 5) is 10.6. The van der Waals surface area contributed by atoms with Crippen LogP contribution in [0.4, 0.5) is 0 Å². The van der Waals surface area contributed by atoms with E-state index in [0.717, 1.165) is 36.8 Å². The summed E-state index contributed by atoms with van der Waals surface area (Å²) in [6.07, 6.45) is 6.47. The number of nitrogens with zero attached hydrogens (tertiary/aromatic N) is 3. The Labute approximate surface area is 136 Å². The van der Waals surface area contributed by atoms with Crippen LogP contribution < -0.4 is 9.47 Å². The lowest BCUT2D eigenvalue weighted by Gasteiger charge is -2.22. The third kappa shape index (κ3) is 3.71. The van der Waals surface area contributed by atoms with Crippen LogP contribution in [0.15, 0.2) is 24.7 Å². The Balaban J connectivity index is 1.58. The van der Waals surface area contributed by atoms with Crippen molar-refractivity contribution in [3.8, 4) is 11.5 Å². The molecule has 0 unspecified atom stereocenters. The van der Waals surface area contributed by atoms with Crippen molar-refractivity contribution in [2.45, 2.75) is 25.3 Å². The molecule has 1 aromatic heterocycles. The normalized spacial score (nSPS) is 18.4. The summed E-state index contributed by atoms with van der Waals surface area (Å²) >= 11 is 0. The molecule has 1 aliphatic rings. The number of ether oxygens (including phenoxy) is 2. The number of aromatic nitrogens is 2. The molecule has 0 spiro atoms. The zero-order valence-corrected chi connectivity index (χ0v) is 13.4. The average Bonchev–Trinajstić information content (AvgIpc) is 3.05. The van der Waals surface area contributed by atoms with E-state index in [9.17, 15) is 5.11 Å². The SMILES string of the molecule is COc1cc2cncnc2cc1OCCCN1CCC[C@H]1CO. The average molecular weight is 317 g/mol. The van der Waals surface area contributed by atoms with Crippen molar-refractivity contribution in [2.24, 2.45) is 0 Å². The summed E-state index contributed by atoms with van der Waals surface area (Å²) in [7, 11) is 1.63. The molecule has 1 fully saturated rings. The molecule has 3 rings (SSSR count). The summed E-state index contributed by atoms with van der Waals surface area (Å²) in [5.41, 5.74) is 0.843. The molecular formula is C17H23N3O3. The minimum atomic E-state index is 0.249. The fourth-order valence-electron chi connectivity index (χ4n) is 3.11. The van der Waals surface area contributed by atoms with Gasteiger partial charge in [0.05, 0.1) is 25.8 Å². The van der Waals surface area contributed by atoms with Crippen molar-refractivity contribution >= 4 is 10.9 Å². The van der Waals surface area contributed by atoms with E-state index in [1.165, 1.54) is 12.7 Å². The van der Waals surface area contributed by atoms with Gasteiger partial charge in [-0.25, -0.2) is 9.97 Å². The number of aliphatic hydroxyl groups is 1. The smallest absolute Gasteiger partial charge is 0.163 e. The lowest BCUT2D eigenvalue weighted by atomic mass is 10.2. The number of hydrogen-bond acceptors (Lipinski definition) is 6. The molecule has 1 aromatic carbocycles. The van der Waals surface area contributed by atoms with E-state index in [1.807, 2.05) is 12.1 Å². The molecule has 6 nitrogen and oxygen atoms in total. The van der Waals surface area contributed by atoms with Crippen LogP contribution in [0.5, 0.6) is 11.5 Å². The molecule has 0 bridgehead atoms. The molecular weight excluding hydrogens is 294 g/mol. The van der Waals surface area contributed by atoms with E-state index in [1.54, 1.807) is 13.3 Å². The minimum Gasteiger partial charge on any atom is -0.493 e. The maximum atomic E-state index is 9.34. The molecule has 2 heterocycles. The maximum Gasteiger partial charge on any atom is 0.163 e. The Hall–Kier alpha value is -1.92. The molecule has 1 aliphatic heterocycles. The van der Waals surface area contributed by atoms with Crippen LogP contribution in [0.25, 0.3) is 10.9 Å². The zero-order valence-electron chi connectivity index (χ0n) is 13.4. The number of rotatable bonds is 7. The summed E-state index contributed by atoms with van der Waals surface area (Å²) in [5.74, 6) is 1.40. The topological polar surface area (TPSA) is 67.7 Å². The van der Waals surface area contributed by atoms with Gasteiger partial charge in [-0.3, -0.25) is 4.90 Å². The zero-order chi connectivity index (χ0) is 16.1. The van der Waals surface area contributed by atoms with Gasteiger partial charge in [0.1, 0.15) is 6.33 Å². The van der Waals surface area contributed by atoms with Crippen molar-refractivity contribution < 1.29 is 14.6 Å². The minimum absolute atomic E-state index is 0.249. The van der Waals surface area contributed by atoms with Crippen molar-refractivity contribution in [3.05, 3.63) is 24.7 Å². The Bertz CT molecular complexity index is 650. The molecule has 2 aromatic rings. The quantitative estimate of drug-likeness (QED) is 0.786. The standard InChI is InChI=1S/C17H23N3O3/c1-22-16-8-13-10-18-12-19-15(13)9-17(16)23-7-3-6-20-5-2-4-14(20)11-21/h8-10,12,14,21H,2-7,11H2,1H3/t14-/m0/s1. The van der Waals surface area contributed by atoms with Crippen molar-refractivity contribution in [1.29, 1.82) is 0 Å². The van der Waals surface area contributed by atoms with Gasteiger partial charge in [0.2, 0.25) is 0 Å². The first kappa shape index (κ1) is 16.0. The Morgan fingerprint density at radius 3 is 3.09 bits per heavy atom. The first-order valence-electron chi connectivity index (χ1n) is 8.07. The molecule has 1 N–H and O–H groups in total. The number of likely N-dealkylation sites (tertiary alicyclic amines) is 1. The van der Waals surface area contributed by atoms with Gasteiger partial charge in [0, 0.05) is 30.2 Å². The van der Waals surface area contributed by atoms with Gasteiger partial charge in [-0.15, -0.1) is 0 Å². The highest BCUT2D eigenvalue weighted by atomic mass is 16.5. The van der Waals surface area contributed by atoms with E-state index in [2.05, 4.69) is 14.9 Å². The lowest BCUT2D eigenvalue weighted by Crippen LogP contribution is -2.33. The maximum absolute atomic E-state index is 9.34. The van der Waals surface area contributed by atoms with Gasteiger partial charge < -0.3 is 14.6 Å². The van der Waals surface area contributed by atoms with Crippen LogP contribution in [0, 0.1) is 0 Å². The Morgan fingerprint density at radius 1 is 1.35 bits per heavy atom. The monoisotopic (exact) mass is 317 g/mol. The van der Waals surface area contributed by atoms with Crippen LogP contribution in [-0.4, -0.2) is 59.4 Å². The van der Waals surface area contributed by atoms with Crippen LogP contribution in [-0.2, 0) is 0 Å². The lowest BCUT2D eigenvalue weighted by molar-refractivity contribution is 0.150. The highest BCUT2D eigenvalue weighted by Gasteiger charge is 2.22. The number of hydrogen-bond donors (Lipinski definition) is 1. The predicted molar refractivity (Wildman–Crippen MR) is 87.9 cm³/mol. The highest BCUT2D eigenvalue weighted by molar-refractivity contribution is 5.81. The van der Waals surface area contributed by atoms with Gasteiger partial charge in [0.25, 0.3) is 0 Å². The summed E-state index contributed by atoms with van der Waals surface area (Å²) < 4.78 is 11.3. The van der Waals surface area contributed by atoms with Gasteiger partial charge in [-0.2, -0.15) is 0 Å². The van der Waals surface area contributed by atoms with E-state index in [4.69, 9.17) is 9.47 Å². The second-order valence-corrected chi connectivity index (χ2v) is 5.80. The Morgan fingerprint density at radius 2 is 2.26 bits per heavy atom. The van der Waals surface area contributed by atoms with Gasteiger partial charge in [-0.1, -0.05) is 0 Å². The van der Waals surface area contributed by atoms with E-state index >= 15 is 0 Å². The molecule has 0 aliphatic carbocycles. The van der Waals surface area contributed by atoms with Crippen LogP contribution in [0.3, 0.4) is 0 Å². The largest absolute Gasteiger partial charge is 0.493 e. The first-order chi connectivity index (χ1) is 11.3. The van der Waals surface area contributed by atoms with Crippen LogP contribution >= 0.6 is 0 Å². The van der Waals surface area contributed by atoms with Gasteiger partial charge in [-0.05, 0) is 31.9 Å². The second-order valence-electron chi connectivity index (χ2n) is 5.80. The molecule has 124 valence electrons. The third-order valence-corrected chi connectivity index (χ3v) is 4.35. The van der Waals surface area contributed by atoms with E-state index < -0.39 is 0 Å². The molecule has 1 atom stereocenters. The van der Waals surface area contributed by atoms with E-state index in [-0.39, 0.29) is 6.61 Å². The number of aliphatic hydroxyl groups excluding tert-OH is 1. The first-order valence-corrected chi connectivity index (χ1v) is 8.07. The van der Waals surface area contributed by atoms with Gasteiger partial charge in [0.15, 0.2) is 11.5 Å². The van der Waals surface area contributed by atoms with Crippen LogP contribution in [0.1, 0.15) is 19.3 Å². The fraction of sp³-hybridized carbons (Fsp3) is 0.529. The third-order valence-electron chi connectivity index (χ3n) is 4.35. The van der Waals surface area contributed by atoms with Crippen molar-refractivity contribution in [3.63, 3.8) is 0 Å². The molecule has 0 saturated carbocycles. The fourth-order valence-corrected chi connectivity index (χ4v) is 3.11. The predicted octanol–water partition coefficient (Wildman–Crippen LogP) is 1.86. The van der Waals surface area contributed by atoms with E-state index in [0.29, 0.717) is 24.1 Å². The summed E-state index contributed by atoms with van der Waals surface area (Å²) in [5, 5.41) is 10.3. The molecule has 23 heavy (non-hydrogen) atoms. The molecule has 6 heteroatoms. The van der Waals surface area contributed by atoms with Crippen molar-refractivity contribution in [2.75, 3.05) is 33.4 Å². The summed E-state index contributed by atoms with van der Waals surface area (Å²) in [6, 6.07) is 4.11. The second kappa shape index (κ2) is 7.57. The molecule has 0 radical (unpaired) electrons. The Kier molecular flexibility index (Phi) is 5.25.